The molecule has 4 heteroatoms. The summed E-state index contributed by atoms with van der Waals surface area (Å²) in [6.45, 7) is 10.1. The molecule has 1 heterocycles. The molecule has 118 valence electrons. The molecule has 1 aromatic rings. The van der Waals surface area contributed by atoms with E-state index >= 15 is 0 Å². The normalized spacial score (nSPS) is 16.1. The Morgan fingerprint density at radius 1 is 1.14 bits per heavy atom. The Balaban J connectivity index is 1.90. The molecule has 2 rings (SSSR count). The lowest BCUT2D eigenvalue weighted by molar-refractivity contribution is 0.270. The highest BCUT2D eigenvalue weighted by molar-refractivity contribution is 5.44. The van der Waals surface area contributed by atoms with Gasteiger partial charge in [0, 0.05) is 31.6 Å². The van der Waals surface area contributed by atoms with Crippen LogP contribution in [0.25, 0.3) is 0 Å². The van der Waals surface area contributed by atoms with Crippen molar-refractivity contribution in [2.45, 2.75) is 39.3 Å². The van der Waals surface area contributed by atoms with Crippen molar-refractivity contribution >= 4 is 0 Å². The second-order valence-corrected chi connectivity index (χ2v) is 6.01. The topological polar surface area (TPSA) is 33.7 Å². The zero-order chi connectivity index (χ0) is 15.2. The summed E-state index contributed by atoms with van der Waals surface area (Å²) in [6.07, 6.45) is 0.944. The average molecular weight is 292 g/mol. The van der Waals surface area contributed by atoms with E-state index in [9.17, 15) is 0 Å². The molecule has 1 unspecified atom stereocenters. The number of benzene rings is 1. The van der Waals surface area contributed by atoms with Crippen LogP contribution < -0.4 is 14.8 Å². The molecule has 0 fully saturated rings. The number of fused-ring (bicyclic) bond motifs is 1. The van der Waals surface area contributed by atoms with Gasteiger partial charge in [-0.1, -0.05) is 6.07 Å². The van der Waals surface area contributed by atoms with Crippen molar-refractivity contribution in [3.8, 4) is 11.5 Å². The van der Waals surface area contributed by atoms with Crippen molar-refractivity contribution in [2.24, 2.45) is 0 Å². The van der Waals surface area contributed by atoms with Gasteiger partial charge in [0.15, 0.2) is 11.5 Å². The van der Waals surface area contributed by atoms with Crippen molar-refractivity contribution in [2.75, 3.05) is 33.4 Å². The third-order valence-corrected chi connectivity index (χ3v) is 4.07. The van der Waals surface area contributed by atoms with Crippen LogP contribution in [0.3, 0.4) is 0 Å². The Kier molecular flexibility index (Phi) is 5.88. The molecule has 0 amide bonds. The van der Waals surface area contributed by atoms with Gasteiger partial charge < -0.3 is 19.7 Å². The van der Waals surface area contributed by atoms with Gasteiger partial charge in [0.2, 0.25) is 0 Å². The van der Waals surface area contributed by atoms with Gasteiger partial charge in [-0.15, -0.1) is 0 Å². The van der Waals surface area contributed by atoms with Crippen LogP contribution >= 0.6 is 0 Å². The SMILES string of the molecule is CC(NCCN(C)C(C)C)c1ccc2c(c1)OCCCO2. The van der Waals surface area contributed by atoms with Gasteiger partial charge in [-0.2, -0.15) is 0 Å². The zero-order valence-electron chi connectivity index (χ0n) is 13.7. The van der Waals surface area contributed by atoms with Crippen molar-refractivity contribution in [3.05, 3.63) is 23.8 Å². The number of nitrogens with one attached hydrogen (secondary N) is 1. The second-order valence-electron chi connectivity index (χ2n) is 6.01. The van der Waals surface area contributed by atoms with Crippen molar-refractivity contribution < 1.29 is 9.47 Å². The highest BCUT2D eigenvalue weighted by atomic mass is 16.5. The summed E-state index contributed by atoms with van der Waals surface area (Å²) in [5.41, 5.74) is 1.24. The molecule has 1 aliphatic heterocycles. The summed E-state index contributed by atoms with van der Waals surface area (Å²) in [7, 11) is 2.16. The summed E-state index contributed by atoms with van der Waals surface area (Å²) in [5, 5.41) is 3.57. The summed E-state index contributed by atoms with van der Waals surface area (Å²) >= 11 is 0. The van der Waals surface area contributed by atoms with Gasteiger partial charge in [0.05, 0.1) is 13.2 Å². The molecular weight excluding hydrogens is 264 g/mol. The predicted octanol–water partition coefficient (Wildman–Crippen LogP) is 2.84. The molecule has 1 N–H and O–H groups in total. The maximum Gasteiger partial charge on any atom is 0.161 e. The maximum atomic E-state index is 5.75. The first-order chi connectivity index (χ1) is 10.1. The smallest absolute Gasteiger partial charge is 0.161 e. The van der Waals surface area contributed by atoms with E-state index in [1.54, 1.807) is 0 Å². The fourth-order valence-corrected chi connectivity index (χ4v) is 2.28. The second kappa shape index (κ2) is 7.66. The number of rotatable bonds is 6. The monoisotopic (exact) mass is 292 g/mol. The zero-order valence-corrected chi connectivity index (χ0v) is 13.7. The van der Waals surface area contributed by atoms with E-state index in [1.807, 2.05) is 6.07 Å². The van der Waals surface area contributed by atoms with Gasteiger partial charge in [0.1, 0.15) is 0 Å². The average Bonchev–Trinajstić information content (AvgIpc) is 2.71. The Bertz CT molecular complexity index is 448. The van der Waals surface area contributed by atoms with Gasteiger partial charge in [-0.25, -0.2) is 0 Å². The number of ether oxygens (including phenoxy) is 2. The van der Waals surface area contributed by atoms with E-state index < -0.39 is 0 Å². The number of hydrogen-bond acceptors (Lipinski definition) is 4. The highest BCUT2D eigenvalue weighted by Crippen LogP contribution is 2.32. The molecule has 0 radical (unpaired) electrons. The van der Waals surface area contributed by atoms with Crippen LogP contribution in [-0.2, 0) is 0 Å². The van der Waals surface area contributed by atoms with Crippen LogP contribution in [0.4, 0.5) is 0 Å². The van der Waals surface area contributed by atoms with Gasteiger partial charge in [-0.3, -0.25) is 0 Å². The van der Waals surface area contributed by atoms with E-state index in [1.165, 1.54) is 5.56 Å². The Labute approximate surface area is 128 Å². The Morgan fingerprint density at radius 3 is 2.57 bits per heavy atom. The van der Waals surface area contributed by atoms with Crippen molar-refractivity contribution in [1.82, 2.24) is 10.2 Å². The third-order valence-electron chi connectivity index (χ3n) is 4.07. The third kappa shape index (κ3) is 4.61. The first-order valence-electron chi connectivity index (χ1n) is 7.91. The molecule has 0 saturated carbocycles. The molecule has 0 aliphatic carbocycles. The van der Waals surface area contributed by atoms with E-state index in [0.717, 1.165) is 44.2 Å². The van der Waals surface area contributed by atoms with Crippen molar-refractivity contribution in [1.29, 1.82) is 0 Å². The maximum absolute atomic E-state index is 5.75. The number of hydrogen-bond donors (Lipinski definition) is 1. The molecule has 0 spiro atoms. The molecule has 1 aliphatic rings. The molecular formula is C17H28N2O2. The van der Waals surface area contributed by atoms with E-state index in [2.05, 4.69) is 50.2 Å². The Hall–Kier alpha value is -1.26. The molecule has 1 aromatic carbocycles. The van der Waals surface area contributed by atoms with Crippen LogP contribution in [0.1, 0.15) is 38.8 Å². The minimum atomic E-state index is 0.308. The lowest BCUT2D eigenvalue weighted by Gasteiger charge is -2.23. The van der Waals surface area contributed by atoms with Crippen LogP contribution in [0.15, 0.2) is 18.2 Å². The number of nitrogens with zero attached hydrogens (tertiary/aromatic N) is 1. The summed E-state index contributed by atoms with van der Waals surface area (Å²) < 4.78 is 11.4. The van der Waals surface area contributed by atoms with E-state index in [4.69, 9.17) is 9.47 Å². The van der Waals surface area contributed by atoms with Crippen LogP contribution in [0, 0.1) is 0 Å². The van der Waals surface area contributed by atoms with Crippen LogP contribution in [0.2, 0.25) is 0 Å². The first-order valence-corrected chi connectivity index (χ1v) is 7.91. The van der Waals surface area contributed by atoms with E-state index in [0.29, 0.717) is 12.1 Å². The Morgan fingerprint density at radius 2 is 1.86 bits per heavy atom. The fraction of sp³-hybridized carbons (Fsp3) is 0.647. The highest BCUT2D eigenvalue weighted by Gasteiger charge is 2.13. The molecule has 1 atom stereocenters. The van der Waals surface area contributed by atoms with Crippen molar-refractivity contribution in [3.63, 3.8) is 0 Å². The summed E-state index contributed by atoms with van der Waals surface area (Å²) in [4.78, 5) is 2.34. The van der Waals surface area contributed by atoms with Crippen LogP contribution in [0.5, 0.6) is 11.5 Å². The van der Waals surface area contributed by atoms with Gasteiger partial charge in [0.25, 0.3) is 0 Å². The molecule has 0 aromatic heterocycles. The minimum absolute atomic E-state index is 0.308. The molecule has 21 heavy (non-hydrogen) atoms. The molecule has 4 nitrogen and oxygen atoms in total. The molecule has 0 bridgehead atoms. The van der Waals surface area contributed by atoms with Gasteiger partial charge in [-0.05, 0) is 45.5 Å². The fourth-order valence-electron chi connectivity index (χ4n) is 2.28. The van der Waals surface area contributed by atoms with Gasteiger partial charge >= 0.3 is 0 Å². The largest absolute Gasteiger partial charge is 0.490 e. The standard InChI is InChI=1S/C17H28N2O2/c1-13(2)19(4)9-8-18-14(3)15-6-7-16-17(12-15)21-11-5-10-20-16/h6-7,12-14,18H,5,8-11H2,1-4H3. The number of likely N-dealkylation sites (N-methyl/N-ethyl adjacent to an activating group) is 1. The first kappa shape index (κ1) is 16.1. The van der Waals surface area contributed by atoms with Crippen LogP contribution in [-0.4, -0.2) is 44.3 Å². The predicted molar refractivity (Wildman–Crippen MR) is 86.2 cm³/mol. The minimum Gasteiger partial charge on any atom is -0.490 e. The lowest BCUT2D eigenvalue weighted by Crippen LogP contribution is -2.34. The van der Waals surface area contributed by atoms with E-state index in [-0.39, 0.29) is 0 Å². The summed E-state index contributed by atoms with van der Waals surface area (Å²) in [5.74, 6) is 1.74. The lowest BCUT2D eigenvalue weighted by atomic mass is 10.1. The summed E-state index contributed by atoms with van der Waals surface area (Å²) in [6, 6.07) is 7.14. The quantitative estimate of drug-likeness (QED) is 0.874. The molecule has 0 saturated heterocycles.